The number of hydrogen-bond donors (Lipinski definition) is 2. The summed E-state index contributed by atoms with van der Waals surface area (Å²) in [7, 11) is -3.91. The Morgan fingerprint density at radius 3 is 2.47 bits per heavy atom. The van der Waals surface area contributed by atoms with Crippen molar-refractivity contribution in [3.05, 3.63) is 104 Å². The fourth-order valence-electron chi connectivity index (χ4n) is 7.65. The van der Waals surface area contributed by atoms with E-state index in [0.29, 0.717) is 10.7 Å². The van der Waals surface area contributed by atoms with E-state index in [4.69, 9.17) is 11.6 Å². The lowest BCUT2D eigenvalue weighted by Gasteiger charge is -2.24. The number of nitrogens with one attached hydrogen (secondary N) is 2. The molecule has 1 saturated carbocycles. The molecule has 6 aromatic rings. The third-order valence-electron chi connectivity index (χ3n) is 9.93. The minimum atomic E-state index is -3.91. The number of benzene rings is 2. The van der Waals surface area contributed by atoms with Crippen LogP contribution in [-0.2, 0) is 33.7 Å². The summed E-state index contributed by atoms with van der Waals surface area (Å²) in [6, 6.07) is 6.31. The number of aromatic nitrogens is 7. The highest BCUT2D eigenvalue weighted by Crippen LogP contribution is 2.68. The Kier molecular flexibility index (Phi) is 9.13. The Hall–Kier alpha value is -5.50. The van der Waals surface area contributed by atoms with Crippen LogP contribution in [0.1, 0.15) is 73.0 Å². The first kappa shape index (κ1) is 38.4. The van der Waals surface area contributed by atoms with Crippen LogP contribution in [0, 0.1) is 17.6 Å². The maximum atomic E-state index is 15.4. The molecule has 1 amide bonds. The number of carbonyl (C=O) groups is 1. The molecule has 3 unspecified atom stereocenters. The highest BCUT2D eigenvalue weighted by molar-refractivity contribution is 7.92. The summed E-state index contributed by atoms with van der Waals surface area (Å²) in [5, 5.41) is 10.9. The number of amides is 1. The van der Waals surface area contributed by atoms with Crippen LogP contribution in [0.25, 0.3) is 27.6 Å². The smallest absolute Gasteiger partial charge is 0.293 e. The second-order valence-corrected chi connectivity index (χ2v) is 16.5. The van der Waals surface area contributed by atoms with Gasteiger partial charge < -0.3 is 5.32 Å². The molecule has 4 heterocycles. The molecule has 0 aliphatic heterocycles. The Bertz CT molecular complexity index is 2810. The molecule has 3 atom stereocenters. The molecule has 0 spiro atoms. The zero-order valence-electron chi connectivity index (χ0n) is 29.9. The van der Waals surface area contributed by atoms with Gasteiger partial charge in [-0.3, -0.25) is 28.2 Å². The Labute approximate surface area is 323 Å². The molecule has 0 bridgehead atoms. The number of anilines is 1. The van der Waals surface area contributed by atoms with E-state index in [2.05, 4.69) is 30.2 Å². The Balaban J connectivity index is 1.33. The topological polar surface area (TPSA) is 159 Å². The van der Waals surface area contributed by atoms with E-state index >= 15 is 8.78 Å². The number of nitrogens with zero attached hydrogens (tertiary/aromatic N) is 7. The van der Waals surface area contributed by atoms with Crippen LogP contribution in [0.5, 0.6) is 0 Å². The third-order valence-corrected chi connectivity index (χ3v) is 10.8. The van der Waals surface area contributed by atoms with Crippen LogP contribution in [0.2, 0.25) is 5.02 Å². The van der Waals surface area contributed by atoms with Gasteiger partial charge in [0.2, 0.25) is 15.9 Å². The quantitative estimate of drug-likeness (QED) is 0.141. The average Bonchev–Trinajstić information content (AvgIpc) is 3.61. The van der Waals surface area contributed by atoms with Gasteiger partial charge in [0.25, 0.3) is 17.9 Å². The highest BCUT2D eigenvalue weighted by atomic mass is 35.5. The average molecular weight is 834 g/mol. The maximum absolute atomic E-state index is 15.4. The first-order valence-electron chi connectivity index (χ1n) is 17.4. The molecule has 298 valence electrons. The van der Waals surface area contributed by atoms with Gasteiger partial charge in [0, 0.05) is 36.2 Å². The molecule has 1 fully saturated rings. The molecule has 57 heavy (non-hydrogen) atoms. The fraction of sp³-hybridized carbons (Fsp3) is 0.333. The molecular formula is C36H30ClF6N9O4S. The standard InChI is InChI=1S/C36H30ClF6N9O4S/c1-15(2)52-29-24(7-6-22(37)27(29)33(48-52)49-57(3,55)56)51-34(46-32-19(35(51)54)5-4-8-44-32)23(11-16-9-17(38)12-18(39)10-16)45-25(53)14-50-30-26(28(47-50)31(40)41)20-13-21(20)36(30,42)43/h4-10,12,15,20-21,23,31H,11,13-14H2,1-3H3,(H,45,53)(H,48,49). The largest absolute Gasteiger partial charge is 0.344 e. The first-order chi connectivity index (χ1) is 26.8. The molecule has 4 aromatic heterocycles. The van der Waals surface area contributed by atoms with Gasteiger partial charge in [-0.05, 0) is 68.1 Å². The molecule has 8 rings (SSSR count). The minimum absolute atomic E-state index is 0.00255. The van der Waals surface area contributed by atoms with Gasteiger partial charge in [0.05, 0.1) is 39.3 Å². The number of carbonyl (C=O) groups excluding carboxylic acids is 1. The summed E-state index contributed by atoms with van der Waals surface area (Å²) in [6.07, 6.45) is -1.39. The van der Waals surface area contributed by atoms with Gasteiger partial charge in [0.15, 0.2) is 11.5 Å². The predicted octanol–water partition coefficient (Wildman–Crippen LogP) is 6.46. The molecule has 2 aliphatic carbocycles. The molecular weight excluding hydrogens is 804 g/mol. The van der Waals surface area contributed by atoms with Crippen molar-refractivity contribution in [3.8, 4) is 5.69 Å². The van der Waals surface area contributed by atoms with Crippen LogP contribution in [0.4, 0.5) is 32.2 Å². The summed E-state index contributed by atoms with van der Waals surface area (Å²) in [5.74, 6) is -8.98. The van der Waals surface area contributed by atoms with Crippen LogP contribution in [0.3, 0.4) is 0 Å². The number of pyridine rings is 1. The molecule has 0 saturated heterocycles. The summed E-state index contributed by atoms with van der Waals surface area (Å²) in [6.45, 7) is 2.49. The van der Waals surface area contributed by atoms with Crippen molar-refractivity contribution in [2.75, 3.05) is 11.0 Å². The van der Waals surface area contributed by atoms with Crippen molar-refractivity contribution in [1.82, 2.24) is 39.4 Å². The molecule has 13 nitrogen and oxygen atoms in total. The molecule has 2 aliphatic rings. The molecule has 21 heteroatoms. The first-order valence-corrected chi connectivity index (χ1v) is 19.7. The Morgan fingerprint density at radius 2 is 1.81 bits per heavy atom. The normalized spacial score (nSPS) is 17.7. The van der Waals surface area contributed by atoms with Crippen molar-refractivity contribution >= 4 is 55.3 Å². The predicted molar refractivity (Wildman–Crippen MR) is 195 cm³/mol. The van der Waals surface area contributed by atoms with E-state index in [9.17, 15) is 35.6 Å². The highest BCUT2D eigenvalue weighted by Gasteiger charge is 2.67. The molecule has 2 aromatic carbocycles. The van der Waals surface area contributed by atoms with Gasteiger partial charge >= 0.3 is 0 Å². The lowest BCUT2D eigenvalue weighted by atomic mass is 10.0. The molecule has 2 N–H and O–H groups in total. The second-order valence-electron chi connectivity index (χ2n) is 14.3. The van der Waals surface area contributed by atoms with E-state index in [-0.39, 0.29) is 61.8 Å². The van der Waals surface area contributed by atoms with Crippen molar-refractivity contribution in [1.29, 1.82) is 0 Å². The van der Waals surface area contributed by atoms with Gasteiger partial charge in [0.1, 0.15) is 35.4 Å². The summed E-state index contributed by atoms with van der Waals surface area (Å²) < 4.78 is 118. The summed E-state index contributed by atoms with van der Waals surface area (Å²) in [4.78, 5) is 37.5. The number of hydrogen-bond acceptors (Lipinski definition) is 8. The summed E-state index contributed by atoms with van der Waals surface area (Å²) in [5.41, 5.74) is -2.62. The second kappa shape index (κ2) is 13.6. The van der Waals surface area contributed by atoms with E-state index in [1.165, 1.54) is 35.1 Å². The maximum Gasteiger partial charge on any atom is 0.293 e. The lowest BCUT2D eigenvalue weighted by Crippen LogP contribution is -2.38. The monoisotopic (exact) mass is 833 g/mol. The Morgan fingerprint density at radius 1 is 1.09 bits per heavy atom. The number of sulfonamides is 1. The van der Waals surface area contributed by atoms with Crippen LogP contribution in [0.15, 0.2) is 53.5 Å². The number of fused-ring (bicyclic) bond motifs is 5. The van der Waals surface area contributed by atoms with Crippen LogP contribution in [-0.4, -0.2) is 54.7 Å². The van der Waals surface area contributed by atoms with Gasteiger partial charge in [-0.1, -0.05) is 11.6 Å². The fourth-order valence-corrected chi connectivity index (χ4v) is 8.39. The van der Waals surface area contributed by atoms with Crippen LogP contribution >= 0.6 is 11.6 Å². The number of halogens is 7. The zero-order valence-corrected chi connectivity index (χ0v) is 31.5. The van der Waals surface area contributed by atoms with Crippen molar-refractivity contribution < 1.29 is 39.6 Å². The minimum Gasteiger partial charge on any atom is -0.344 e. The SMILES string of the molecule is CC(C)n1nc(NS(C)(=O)=O)c2c(Cl)ccc(-n3c(C(Cc4cc(F)cc(F)c4)NC(=O)Cn4nc(C(F)F)c5c4C(F)(F)C4CC54)nc4ncccc4c3=O)c21. The van der Waals surface area contributed by atoms with Crippen molar-refractivity contribution in [3.63, 3.8) is 0 Å². The summed E-state index contributed by atoms with van der Waals surface area (Å²) >= 11 is 6.64. The zero-order chi connectivity index (χ0) is 40.9. The number of alkyl halides is 4. The molecule has 0 radical (unpaired) electrons. The van der Waals surface area contributed by atoms with E-state index in [0.717, 1.165) is 23.0 Å². The lowest BCUT2D eigenvalue weighted by molar-refractivity contribution is -0.123. The third kappa shape index (κ3) is 6.67. The van der Waals surface area contributed by atoms with E-state index < -0.39 is 93.7 Å². The number of rotatable bonds is 11. The van der Waals surface area contributed by atoms with Gasteiger partial charge in [-0.15, -0.1) is 0 Å². The van der Waals surface area contributed by atoms with E-state index in [1.54, 1.807) is 13.8 Å². The van der Waals surface area contributed by atoms with Crippen LogP contribution < -0.4 is 15.6 Å². The van der Waals surface area contributed by atoms with Crippen molar-refractivity contribution in [2.45, 2.75) is 63.6 Å². The van der Waals surface area contributed by atoms with E-state index in [1.807, 2.05) is 0 Å². The van der Waals surface area contributed by atoms with Gasteiger partial charge in [-0.25, -0.2) is 35.9 Å². The van der Waals surface area contributed by atoms with Gasteiger partial charge in [-0.2, -0.15) is 19.0 Å². The van der Waals surface area contributed by atoms with Crippen molar-refractivity contribution in [2.24, 2.45) is 5.92 Å².